The van der Waals surface area contributed by atoms with E-state index < -0.39 is 10.8 Å². The minimum absolute atomic E-state index is 0.0975. The van der Waals surface area contributed by atoms with Crippen molar-refractivity contribution in [2.75, 3.05) is 6.61 Å². The fourth-order valence-corrected chi connectivity index (χ4v) is 3.44. The number of pyridine rings is 1. The molecule has 0 unspecified atom stereocenters. The van der Waals surface area contributed by atoms with Gasteiger partial charge in [0.25, 0.3) is 11.6 Å². The van der Waals surface area contributed by atoms with Gasteiger partial charge in [0.05, 0.1) is 40.1 Å². The number of nitro groups is 1. The number of aromatic nitrogens is 1. The summed E-state index contributed by atoms with van der Waals surface area (Å²) in [6.45, 7) is 2.40. The molecule has 1 heterocycles. The third-order valence-electron chi connectivity index (χ3n) is 4.93. The minimum atomic E-state index is -0.498. The molecule has 0 radical (unpaired) electrons. The highest BCUT2D eigenvalue weighted by atomic mass is 16.6. The van der Waals surface area contributed by atoms with Crippen LogP contribution in [0.5, 0.6) is 5.75 Å². The molecule has 0 saturated carbocycles. The van der Waals surface area contributed by atoms with Gasteiger partial charge in [-0.15, -0.1) is 0 Å². The first kappa shape index (κ1) is 21.6. The van der Waals surface area contributed by atoms with E-state index in [1.165, 1.54) is 12.3 Å². The standard InChI is InChI=1S/C25H20N4O4/c1-2-33-24-14-8-5-11-19(24)22-15-20(18-10-4-6-12-21(18)27-22)25(30)28-26-16-17-9-3-7-13-23(17)29(31)32/h3-16H,2H2,1H3,(H,28,30)/b26-16+. The predicted molar refractivity (Wildman–Crippen MR) is 127 cm³/mol. The lowest BCUT2D eigenvalue weighted by atomic mass is 10.0. The fraction of sp³-hybridized carbons (Fsp3) is 0.0800. The molecule has 1 amide bonds. The molecule has 0 fully saturated rings. The van der Waals surface area contributed by atoms with Crippen LogP contribution in [0.25, 0.3) is 22.2 Å². The Morgan fingerprint density at radius 1 is 1.09 bits per heavy atom. The summed E-state index contributed by atoms with van der Waals surface area (Å²) in [5.74, 6) is 0.210. The van der Waals surface area contributed by atoms with Gasteiger partial charge in [0.1, 0.15) is 5.75 Å². The lowest BCUT2D eigenvalue weighted by Crippen LogP contribution is -2.18. The van der Waals surface area contributed by atoms with E-state index in [4.69, 9.17) is 9.72 Å². The normalized spacial score (nSPS) is 10.9. The van der Waals surface area contributed by atoms with E-state index in [1.54, 1.807) is 30.3 Å². The number of para-hydroxylation sites is 3. The Morgan fingerprint density at radius 2 is 1.82 bits per heavy atom. The molecule has 33 heavy (non-hydrogen) atoms. The second kappa shape index (κ2) is 9.69. The van der Waals surface area contributed by atoms with Gasteiger partial charge in [-0.25, -0.2) is 10.4 Å². The second-order valence-corrected chi connectivity index (χ2v) is 7.02. The zero-order valence-electron chi connectivity index (χ0n) is 17.8. The summed E-state index contributed by atoms with van der Waals surface area (Å²) in [5.41, 5.74) is 5.04. The van der Waals surface area contributed by atoms with E-state index in [9.17, 15) is 14.9 Å². The maximum atomic E-state index is 13.0. The molecular formula is C25H20N4O4. The van der Waals surface area contributed by atoms with Crippen LogP contribution in [0.15, 0.2) is 84.0 Å². The van der Waals surface area contributed by atoms with Crippen molar-refractivity contribution in [3.8, 4) is 17.0 Å². The van der Waals surface area contributed by atoms with Gasteiger partial charge in [0, 0.05) is 17.0 Å². The molecule has 0 aliphatic rings. The number of hydrogen-bond acceptors (Lipinski definition) is 6. The van der Waals surface area contributed by atoms with Crippen LogP contribution in [0.1, 0.15) is 22.8 Å². The molecule has 8 nitrogen and oxygen atoms in total. The van der Waals surface area contributed by atoms with Crippen molar-refractivity contribution in [1.82, 2.24) is 10.4 Å². The first-order valence-electron chi connectivity index (χ1n) is 10.3. The molecule has 8 heteroatoms. The molecule has 0 spiro atoms. The maximum Gasteiger partial charge on any atom is 0.278 e. The lowest BCUT2D eigenvalue weighted by molar-refractivity contribution is -0.385. The molecule has 0 saturated heterocycles. The fourth-order valence-electron chi connectivity index (χ4n) is 3.44. The number of nitrogens with zero attached hydrogens (tertiary/aromatic N) is 3. The number of ether oxygens (including phenoxy) is 1. The summed E-state index contributed by atoms with van der Waals surface area (Å²) in [7, 11) is 0. The number of carbonyl (C=O) groups is 1. The van der Waals surface area contributed by atoms with Crippen molar-refractivity contribution in [1.29, 1.82) is 0 Å². The minimum Gasteiger partial charge on any atom is -0.493 e. The van der Waals surface area contributed by atoms with Crippen LogP contribution in [0.3, 0.4) is 0 Å². The van der Waals surface area contributed by atoms with Gasteiger partial charge in [-0.05, 0) is 37.3 Å². The van der Waals surface area contributed by atoms with E-state index in [-0.39, 0.29) is 11.3 Å². The van der Waals surface area contributed by atoms with Gasteiger partial charge >= 0.3 is 0 Å². The van der Waals surface area contributed by atoms with E-state index in [1.807, 2.05) is 49.4 Å². The van der Waals surface area contributed by atoms with Crippen molar-refractivity contribution in [3.05, 3.63) is 100 Å². The lowest BCUT2D eigenvalue weighted by Gasteiger charge is -2.12. The summed E-state index contributed by atoms with van der Waals surface area (Å²) in [5, 5.41) is 15.8. The number of rotatable bonds is 7. The number of hydrazone groups is 1. The van der Waals surface area contributed by atoms with Gasteiger partial charge in [-0.3, -0.25) is 14.9 Å². The van der Waals surface area contributed by atoms with Crippen molar-refractivity contribution in [3.63, 3.8) is 0 Å². The summed E-state index contributed by atoms with van der Waals surface area (Å²) in [6.07, 6.45) is 1.25. The predicted octanol–water partition coefficient (Wildman–Crippen LogP) is 4.97. The van der Waals surface area contributed by atoms with Crippen LogP contribution in [-0.2, 0) is 0 Å². The van der Waals surface area contributed by atoms with Crippen LogP contribution in [0.4, 0.5) is 5.69 Å². The Kier molecular flexibility index (Phi) is 6.36. The highest BCUT2D eigenvalue weighted by Crippen LogP contribution is 2.31. The molecule has 164 valence electrons. The zero-order valence-corrected chi connectivity index (χ0v) is 17.8. The molecule has 0 aliphatic carbocycles. The van der Waals surface area contributed by atoms with E-state index in [0.717, 1.165) is 5.56 Å². The number of benzene rings is 3. The van der Waals surface area contributed by atoms with Gasteiger partial charge in [-0.2, -0.15) is 5.10 Å². The average Bonchev–Trinajstić information content (AvgIpc) is 2.84. The van der Waals surface area contributed by atoms with E-state index >= 15 is 0 Å². The Bertz CT molecular complexity index is 1370. The molecule has 3 aromatic carbocycles. The monoisotopic (exact) mass is 440 g/mol. The van der Waals surface area contributed by atoms with Crippen LogP contribution in [0, 0.1) is 10.1 Å². The number of carbonyl (C=O) groups excluding carboxylic acids is 1. The van der Waals surface area contributed by atoms with Gasteiger partial charge in [-0.1, -0.05) is 42.5 Å². The van der Waals surface area contributed by atoms with Gasteiger partial charge < -0.3 is 4.74 Å². The summed E-state index contributed by atoms with van der Waals surface area (Å²) in [6, 6.07) is 22.7. The molecular weight excluding hydrogens is 420 g/mol. The van der Waals surface area contributed by atoms with Crippen LogP contribution in [0.2, 0.25) is 0 Å². The number of hydrogen-bond donors (Lipinski definition) is 1. The summed E-state index contributed by atoms with van der Waals surface area (Å²) >= 11 is 0. The Labute approximate surface area is 189 Å². The number of fused-ring (bicyclic) bond motifs is 1. The van der Waals surface area contributed by atoms with Crippen molar-refractivity contribution in [2.45, 2.75) is 6.92 Å². The molecule has 0 aliphatic heterocycles. The Hall–Kier alpha value is -4.59. The van der Waals surface area contributed by atoms with Crippen molar-refractivity contribution < 1.29 is 14.5 Å². The molecule has 4 rings (SSSR count). The largest absolute Gasteiger partial charge is 0.493 e. The third-order valence-corrected chi connectivity index (χ3v) is 4.93. The SMILES string of the molecule is CCOc1ccccc1-c1cc(C(=O)N/N=C/c2ccccc2[N+](=O)[O-])c2ccccc2n1. The Morgan fingerprint density at radius 3 is 2.64 bits per heavy atom. The summed E-state index contributed by atoms with van der Waals surface area (Å²) < 4.78 is 5.73. The second-order valence-electron chi connectivity index (χ2n) is 7.02. The smallest absolute Gasteiger partial charge is 0.278 e. The maximum absolute atomic E-state index is 13.0. The average molecular weight is 440 g/mol. The number of amides is 1. The number of nitrogens with one attached hydrogen (secondary N) is 1. The summed E-state index contributed by atoms with van der Waals surface area (Å²) in [4.78, 5) is 28.4. The zero-order chi connectivity index (χ0) is 23.2. The van der Waals surface area contributed by atoms with Crippen LogP contribution in [-0.4, -0.2) is 28.6 Å². The van der Waals surface area contributed by atoms with E-state index in [0.29, 0.717) is 34.5 Å². The first-order valence-corrected chi connectivity index (χ1v) is 10.3. The van der Waals surface area contributed by atoms with Gasteiger partial charge in [0.15, 0.2) is 0 Å². The van der Waals surface area contributed by atoms with E-state index in [2.05, 4.69) is 10.5 Å². The molecule has 1 N–H and O–H groups in total. The van der Waals surface area contributed by atoms with Crippen LogP contribution >= 0.6 is 0 Å². The number of nitro benzene ring substituents is 1. The van der Waals surface area contributed by atoms with Crippen molar-refractivity contribution in [2.24, 2.45) is 5.10 Å². The first-order chi connectivity index (χ1) is 16.1. The van der Waals surface area contributed by atoms with Gasteiger partial charge in [0.2, 0.25) is 0 Å². The Balaban J connectivity index is 1.70. The highest BCUT2D eigenvalue weighted by Gasteiger charge is 2.16. The quantitative estimate of drug-likeness (QED) is 0.248. The molecule has 0 atom stereocenters. The molecule has 1 aromatic heterocycles. The topological polar surface area (TPSA) is 107 Å². The van der Waals surface area contributed by atoms with Crippen molar-refractivity contribution >= 4 is 28.7 Å². The van der Waals surface area contributed by atoms with Crippen LogP contribution < -0.4 is 10.2 Å². The third kappa shape index (κ3) is 4.69. The molecule has 4 aromatic rings. The molecule has 0 bridgehead atoms. The highest BCUT2D eigenvalue weighted by molar-refractivity contribution is 6.07.